The molecule has 0 heterocycles. The maximum absolute atomic E-state index is 12.0. The first-order valence-corrected chi connectivity index (χ1v) is 9.22. The molecule has 1 fully saturated rings. The normalized spacial score (nSPS) is 20.8. The van der Waals surface area contributed by atoms with Gasteiger partial charge in [0.1, 0.15) is 0 Å². The minimum absolute atomic E-state index is 0.228. The molecule has 18 heavy (non-hydrogen) atoms. The van der Waals surface area contributed by atoms with Crippen molar-refractivity contribution in [2.45, 2.75) is 64.7 Å². The molecule has 2 atom stereocenters. The second kappa shape index (κ2) is 9.96. The third kappa shape index (κ3) is 6.33. The summed E-state index contributed by atoms with van der Waals surface area (Å²) >= 11 is 0. The van der Waals surface area contributed by atoms with Crippen molar-refractivity contribution in [3.05, 3.63) is 0 Å². The molecule has 0 aromatic carbocycles. The predicted octanol–water partition coefficient (Wildman–Crippen LogP) is 3.50. The van der Waals surface area contributed by atoms with Crippen molar-refractivity contribution in [3.63, 3.8) is 0 Å². The van der Waals surface area contributed by atoms with Crippen LogP contribution in [0.4, 0.5) is 0 Å². The fourth-order valence-corrected chi connectivity index (χ4v) is 4.50. The number of hydrogen-bond donors (Lipinski definition) is 1. The van der Waals surface area contributed by atoms with Crippen molar-refractivity contribution >= 4 is 10.8 Å². The average Bonchev–Trinajstić information content (AvgIpc) is 2.42. The fraction of sp³-hybridized carbons (Fsp3) is 1.00. The summed E-state index contributed by atoms with van der Waals surface area (Å²) in [5.41, 5.74) is 0. The van der Waals surface area contributed by atoms with Crippen LogP contribution in [0, 0.1) is 11.8 Å². The summed E-state index contributed by atoms with van der Waals surface area (Å²) in [5, 5.41) is 9.50. The van der Waals surface area contributed by atoms with Gasteiger partial charge in [0.05, 0.1) is 0 Å². The summed E-state index contributed by atoms with van der Waals surface area (Å²) in [6.45, 7) is 2.42. The van der Waals surface area contributed by atoms with Crippen LogP contribution in [0.3, 0.4) is 0 Å². The van der Waals surface area contributed by atoms with Gasteiger partial charge in [-0.25, -0.2) is 0 Å². The molecule has 0 radical (unpaired) electrons. The van der Waals surface area contributed by atoms with Crippen LogP contribution in [0.1, 0.15) is 64.7 Å². The van der Waals surface area contributed by atoms with Crippen LogP contribution in [-0.4, -0.2) is 27.4 Å². The zero-order chi connectivity index (χ0) is 13.2. The van der Waals surface area contributed by atoms with Crippen molar-refractivity contribution in [2.24, 2.45) is 11.8 Å². The average molecular weight is 274 g/mol. The summed E-state index contributed by atoms with van der Waals surface area (Å²) in [5.74, 6) is 2.48. The number of aliphatic hydroxyl groups is 1. The van der Waals surface area contributed by atoms with E-state index in [-0.39, 0.29) is 12.5 Å². The highest BCUT2D eigenvalue weighted by atomic mass is 32.2. The third-order valence-corrected chi connectivity index (χ3v) is 5.72. The van der Waals surface area contributed by atoms with Gasteiger partial charge in [-0.15, -0.1) is 0 Å². The van der Waals surface area contributed by atoms with E-state index in [2.05, 4.69) is 6.92 Å². The molecule has 0 aromatic heterocycles. The van der Waals surface area contributed by atoms with Gasteiger partial charge in [-0.05, 0) is 18.3 Å². The minimum atomic E-state index is -0.715. The Morgan fingerprint density at radius 2 is 1.89 bits per heavy atom. The third-order valence-electron chi connectivity index (χ3n) is 4.18. The highest BCUT2D eigenvalue weighted by Crippen LogP contribution is 2.30. The number of aliphatic hydroxyl groups excluding tert-OH is 1. The van der Waals surface area contributed by atoms with Gasteiger partial charge in [0, 0.05) is 28.9 Å². The van der Waals surface area contributed by atoms with E-state index in [1.165, 1.54) is 51.4 Å². The Balaban J connectivity index is 2.22. The molecular formula is C15H30O2S. The number of hydrogen-bond acceptors (Lipinski definition) is 2. The van der Waals surface area contributed by atoms with E-state index in [9.17, 15) is 9.32 Å². The topological polar surface area (TPSA) is 37.3 Å². The predicted molar refractivity (Wildman–Crippen MR) is 79.2 cm³/mol. The lowest BCUT2D eigenvalue weighted by molar-refractivity contribution is 0.163. The molecule has 1 N–H and O–H groups in total. The Labute approximate surface area is 115 Å². The van der Waals surface area contributed by atoms with Gasteiger partial charge in [0.25, 0.3) is 0 Å². The molecule has 1 aliphatic rings. The molecule has 2 nitrogen and oxygen atoms in total. The van der Waals surface area contributed by atoms with Crippen molar-refractivity contribution in [2.75, 3.05) is 18.1 Å². The van der Waals surface area contributed by atoms with Crippen LogP contribution in [0.2, 0.25) is 0 Å². The van der Waals surface area contributed by atoms with Gasteiger partial charge >= 0.3 is 0 Å². The Morgan fingerprint density at radius 1 is 1.17 bits per heavy atom. The fourth-order valence-electron chi connectivity index (χ4n) is 2.96. The van der Waals surface area contributed by atoms with Crippen LogP contribution in [0.5, 0.6) is 0 Å². The summed E-state index contributed by atoms with van der Waals surface area (Å²) in [4.78, 5) is 0. The summed E-state index contributed by atoms with van der Waals surface area (Å²) in [6.07, 6.45) is 11.2. The van der Waals surface area contributed by atoms with E-state index in [1.807, 2.05) is 0 Å². The Kier molecular flexibility index (Phi) is 8.95. The summed E-state index contributed by atoms with van der Waals surface area (Å²) < 4.78 is 12.0. The Bertz CT molecular complexity index is 225. The van der Waals surface area contributed by atoms with E-state index >= 15 is 0 Å². The zero-order valence-electron chi connectivity index (χ0n) is 11.9. The molecule has 0 aromatic rings. The lowest BCUT2D eigenvalue weighted by Gasteiger charge is -2.28. The van der Waals surface area contributed by atoms with Gasteiger partial charge in [0.15, 0.2) is 0 Å². The van der Waals surface area contributed by atoms with Gasteiger partial charge < -0.3 is 5.11 Å². The van der Waals surface area contributed by atoms with E-state index in [4.69, 9.17) is 0 Å². The standard InChI is InChI=1S/C15H30O2S/c1-2-3-4-8-11-18(17)13-15(12-16)14-9-6-5-7-10-14/h14-16H,2-13H2,1H3. The molecule has 1 aliphatic carbocycles. The first-order chi connectivity index (χ1) is 8.77. The van der Waals surface area contributed by atoms with Crippen molar-refractivity contribution in [1.29, 1.82) is 0 Å². The lowest BCUT2D eigenvalue weighted by atomic mass is 9.81. The summed E-state index contributed by atoms with van der Waals surface area (Å²) in [6, 6.07) is 0. The van der Waals surface area contributed by atoms with Gasteiger partial charge in [-0.1, -0.05) is 58.3 Å². The number of rotatable bonds is 9. The van der Waals surface area contributed by atoms with Gasteiger partial charge in [0.2, 0.25) is 0 Å². The maximum Gasteiger partial charge on any atom is 0.0470 e. The van der Waals surface area contributed by atoms with Crippen LogP contribution in [-0.2, 0) is 10.8 Å². The molecule has 1 rings (SSSR count). The molecule has 0 aliphatic heterocycles. The van der Waals surface area contributed by atoms with Crippen LogP contribution in [0.25, 0.3) is 0 Å². The molecule has 3 heteroatoms. The molecule has 1 saturated carbocycles. The van der Waals surface area contributed by atoms with Gasteiger partial charge in [-0.2, -0.15) is 0 Å². The van der Waals surface area contributed by atoms with Crippen LogP contribution in [0.15, 0.2) is 0 Å². The highest BCUT2D eigenvalue weighted by molar-refractivity contribution is 7.84. The monoisotopic (exact) mass is 274 g/mol. The smallest absolute Gasteiger partial charge is 0.0470 e. The molecule has 0 saturated heterocycles. The largest absolute Gasteiger partial charge is 0.396 e. The molecule has 0 amide bonds. The molecular weight excluding hydrogens is 244 g/mol. The Hall–Kier alpha value is 0.110. The van der Waals surface area contributed by atoms with E-state index < -0.39 is 10.8 Å². The first kappa shape index (κ1) is 16.2. The van der Waals surface area contributed by atoms with E-state index in [0.717, 1.165) is 17.9 Å². The first-order valence-electron chi connectivity index (χ1n) is 7.73. The SMILES string of the molecule is CCCCCCS(=O)CC(CO)C1CCCCC1. The quantitative estimate of drug-likeness (QED) is 0.653. The van der Waals surface area contributed by atoms with Crippen LogP contribution >= 0.6 is 0 Å². The lowest BCUT2D eigenvalue weighted by Crippen LogP contribution is -2.27. The van der Waals surface area contributed by atoms with Crippen molar-refractivity contribution < 1.29 is 9.32 Å². The van der Waals surface area contributed by atoms with E-state index in [1.54, 1.807) is 0 Å². The van der Waals surface area contributed by atoms with Crippen LogP contribution < -0.4 is 0 Å². The maximum atomic E-state index is 12.0. The highest BCUT2D eigenvalue weighted by Gasteiger charge is 2.24. The van der Waals surface area contributed by atoms with Gasteiger partial charge in [-0.3, -0.25) is 4.21 Å². The van der Waals surface area contributed by atoms with E-state index in [0.29, 0.717) is 5.92 Å². The Morgan fingerprint density at radius 3 is 2.50 bits per heavy atom. The summed E-state index contributed by atoms with van der Waals surface area (Å²) in [7, 11) is -0.715. The second-order valence-corrected chi connectivity index (χ2v) is 7.33. The second-order valence-electron chi connectivity index (χ2n) is 5.71. The van der Waals surface area contributed by atoms with Crippen molar-refractivity contribution in [1.82, 2.24) is 0 Å². The zero-order valence-corrected chi connectivity index (χ0v) is 12.7. The molecule has 0 bridgehead atoms. The minimum Gasteiger partial charge on any atom is -0.396 e. The molecule has 108 valence electrons. The number of unbranched alkanes of at least 4 members (excludes halogenated alkanes) is 3. The molecule has 2 unspecified atom stereocenters. The molecule has 0 spiro atoms. The van der Waals surface area contributed by atoms with Crippen molar-refractivity contribution in [3.8, 4) is 0 Å².